The van der Waals surface area contributed by atoms with Crippen LogP contribution in [0, 0.1) is 0 Å². The van der Waals surface area contributed by atoms with Gasteiger partial charge in [0.2, 0.25) is 0 Å². The number of hydroxylamine groups is 2. The van der Waals surface area contributed by atoms with Crippen LogP contribution in [0.4, 0.5) is 0 Å². The highest BCUT2D eigenvalue weighted by molar-refractivity contribution is 5.80. The normalized spacial score (nSPS) is 10.2. The molecule has 0 heterocycles. The van der Waals surface area contributed by atoms with Crippen LogP contribution < -0.4 is 0 Å². The largest absolute Gasteiger partial charge is 0.364 e. The molecule has 0 aliphatic carbocycles. The fraction of sp³-hybridized carbons (Fsp3) is 0.727. The molecule has 0 saturated heterocycles. The first-order valence-corrected chi connectivity index (χ1v) is 5.33. The topological polar surface area (TPSA) is 29.5 Å². The van der Waals surface area contributed by atoms with Crippen LogP contribution in [0.3, 0.4) is 0 Å². The third-order valence-electron chi connectivity index (χ3n) is 1.91. The van der Waals surface area contributed by atoms with Crippen molar-refractivity contribution in [1.29, 1.82) is 0 Å². The summed E-state index contributed by atoms with van der Waals surface area (Å²) in [6.45, 7) is 9.24. The molecule has 0 unspecified atom stereocenters. The van der Waals surface area contributed by atoms with E-state index in [-0.39, 0.29) is 5.97 Å². The number of carbonyl (C=O) groups excluding carboxylic acids is 1. The van der Waals surface area contributed by atoms with E-state index in [1.165, 1.54) is 6.08 Å². The molecule has 0 aliphatic heterocycles. The first-order valence-electron chi connectivity index (χ1n) is 5.33. The predicted molar refractivity (Wildman–Crippen MR) is 57.7 cm³/mol. The average molecular weight is 199 g/mol. The molecule has 0 spiro atoms. The molecule has 0 atom stereocenters. The van der Waals surface area contributed by atoms with Crippen LogP contribution in [0.1, 0.15) is 39.5 Å². The minimum atomic E-state index is -0.364. The molecule has 0 rings (SSSR count). The Hall–Kier alpha value is -0.830. The number of rotatable bonds is 8. The van der Waals surface area contributed by atoms with E-state index in [9.17, 15) is 4.79 Å². The van der Waals surface area contributed by atoms with Crippen molar-refractivity contribution in [3.05, 3.63) is 12.7 Å². The average Bonchev–Trinajstić information content (AvgIpc) is 2.21. The molecular formula is C11H21NO2. The molecule has 3 nitrogen and oxygen atoms in total. The van der Waals surface area contributed by atoms with Crippen molar-refractivity contribution in [1.82, 2.24) is 5.06 Å². The van der Waals surface area contributed by atoms with Gasteiger partial charge in [-0.2, -0.15) is 0 Å². The Morgan fingerprint density at radius 3 is 2.14 bits per heavy atom. The lowest BCUT2D eigenvalue weighted by molar-refractivity contribution is -0.184. The highest BCUT2D eigenvalue weighted by atomic mass is 16.7. The van der Waals surface area contributed by atoms with E-state index in [1.54, 1.807) is 5.06 Å². The zero-order valence-corrected chi connectivity index (χ0v) is 9.29. The van der Waals surface area contributed by atoms with Gasteiger partial charge in [0.25, 0.3) is 0 Å². The van der Waals surface area contributed by atoms with Gasteiger partial charge in [-0.05, 0) is 12.8 Å². The third-order valence-corrected chi connectivity index (χ3v) is 1.91. The lowest BCUT2D eigenvalue weighted by Gasteiger charge is -2.19. The molecule has 0 radical (unpaired) electrons. The first-order chi connectivity index (χ1) is 6.74. The molecule has 0 aliphatic rings. The van der Waals surface area contributed by atoms with Crippen LogP contribution in [-0.4, -0.2) is 24.1 Å². The Labute approximate surface area is 86.7 Å². The van der Waals surface area contributed by atoms with Crippen LogP contribution >= 0.6 is 0 Å². The van der Waals surface area contributed by atoms with Crippen LogP contribution in [0.5, 0.6) is 0 Å². The molecule has 0 aromatic heterocycles. The summed E-state index contributed by atoms with van der Waals surface area (Å²) < 4.78 is 0. The van der Waals surface area contributed by atoms with Crippen molar-refractivity contribution in [3.63, 3.8) is 0 Å². The molecule has 0 fully saturated rings. The summed E-state index contributed by atoms with van der Waals surface area (Å²) in [4.78, 5) is 16.0. The Morgan fingerprint density at radius 2 is 1.79 bits per heavy atom. The predicted octanol–water partition coefficient (Wildman–Crippen LogP) is 2.53. The minimum absolute atomic E-state index is 0.364. The molecule has 0 aromatic carbocycles. The van der Waals surface area contributed by atoms with Crippen LogP contribution in [0.15, 0.2) is 12.7 Å². The Kier molecular flexibility index (Phi) is 8.24. The summed E-state index contributed by atoms with van der Waals surface area (Å²) in [6.07, 6.45) is 5.51. The standard InChI is InChI=1S/C11H21NO2/c1-4-7-9-12(10-8-5-2)14-11(13)6-3/h6H,3-5,7-10H2,1-2H3. The van der Waals surface area contributed by atoms with Gasteiger partial charge in [-0.15, -0.1) is 5.06 Å². The van der Waals surface area contributed by atoms with Crippen molar-refractivity contribution in [2.24, 2.45) is 0 Å². The van der Waals surface area contributed by atoms with Gasteiger partial charge in [0.1, 0.15) is 0 Å². The summed E-state index contributed by atoms with van der Waals surface area (Å²) in [5, 5.41) is 1.73. The molecule has 0 amide bonds. The van der Waals surface area contributed by atoms with Crippen molar-refractivity contribution >= 4 is 5.97 Å². The van der Waals surface area contributed by atoms with E-state index in [0.29, 0.717) is 0 Å². The van der Waals surface area contributed by atoms with Gasteiger partial charge < -0.3 is 4.84 Å². The highest BCUT2D eigenvalue weighted by Crippen LogP contribution is 2.00. The second-order valence-electron chi connectivity index (χ2n) is 3.25. The zero-order valence-electron chi connectivity index (χ0n) is 9.29. The number of unbranched alkanes of at least 4 members (excludes halogenated alkanes) is 2. The van der Waals surface area contributed by atoms with Gasteiger partial charge >= 0.3 is 5.97 Å². The summed E-state index contributed by atoms with van der Waals surface area (Å²) in [5.41, 5.74) is 0. The molecule has 0 bridgehead atoms. The maximum atomic E-state index is 11.0. The smallest absolute Gasteiger partial charge is 0.349 e. The Bertz CT molecular complexity index is 161. The monoisotopic (exact) mass is 199 g/mol. The first kappa shape index (κ1) is 13.2. The SMILES string of the molecule is C=CC(=O)ON(CCCC)CCCC. The molecule has 82 valence electrons. The maximum Gasteiger partial charge on any atom is 0.349 e. The van der Waals surface area contributed by atoms with E-state index in [0.717, 1.165) is 38.8 Å². The number of nitrogens with zero attached hydrogens (tertiary/aromatic N) is 1. The van der Waals surface area contributed by atoms with E-state index in [2.05, 4.69) is 20.4 Å². The summed E-state index contributed by atoms with van der Waals surface area (Å²) in [6, 6.07) is 0. The Morgan fingerprint density at radius 1 is 1.29 bits per heavy atom. The van der Waals surface area contributed by atoms with Crippen LogP contribution in [0.25, 0.3) is 0 Å². The van der Waals surface area contributed by atoms with Gasteiger partial charge in [0.15, 0.2) is 0 Å². The lowest BCUT2D eigenvalue weighted by Crippen LogP contribution is -2.28. The fourth-order valence-electron chi connectivity index (χ4n) is 1.04. The summed E-state index contributed by atoms with van der Waals surface area (Å²) >= 11 is 0. The molecule has 0 N–H and O–H groups in total. The molecule has 0 saturated carbocycles. The van der Waals surface area contributed by atoms with E-state index >= 15 is 0 Å². The maximum absolute atomic E-state index is 11.0. The molecule has 14 heavy (non-hydrogen) atoms. The molecular weight excluding hydrogens is 178 g/mol. The Balaban J connectivity index is 3.82. The van der Waals surface area contributed by atoms with E-state index in [1.807, 2.05) is 0 Å². The summed E-state index contributed by atoms with van der Waals surface area (Å²) in [7, 11) is 0. The van der Waals surface area contributed by atoms with E-state index in [4.69, 9.17) is 4.84 Å². The van der Waals surface area contributed by atoms with Gasteiger partial charge in [0, 0.05) is 19.2 Å². The summed E-state index contributed by atoms with van der Waals surface area (Å²) in [5.74, 6) is -0.364. The van der Waals surface area contributed by atoms with Gasteiger partial charge in [-0.3, -0.25) is 0 Å². The fourth-order valence-corrected chi connectivity index (χ4v) is 1.04. The number of hydrogen-bond donors (Lipinski definition) is 0. The quantitative estimate of drug-likeness (QED) is 0.444. The van der Waals surface area contributed by atoms with Crippen molar-refractivity contribution < 1.29 is 9.63 Å². The lowest BCUT2D eigenvalue weighted by atomic mass is 10.3. The van der Waals surface area contributed by atoms with Gasteiger partial charge in [0.05, 0.1) is 0 Å². The number of hydrogen-bond acceptors (Lipinski definition) is 3. The molecule has 0 aromatic rings. The number of carbonyl (C=O) groups is 1. The van der Waals surface area contributed by atoms with Crippen LogP contribution in [-0.2, 0) is 9.63 Å². The van der Waals surface area contributed by atoms with Crippen molar-refractivity contribution in [2.45, 2.75) is 39.5 Å². The molecule has 3 heteroatoms. The third kappa shape index (κ3) is 6.66. The van der Waals surface area contributed by atoms with Crippen LogP contribution in [0.2, 0.25) is 0 Å². The second kappa shape index (κ2) is 8.75. The zero-order chi connectivity index (χ0) is 10.8. The van der Waals surface area contributed by atoms with E-state index < -0.39 is 0 Å². The van der Waals surface area contributed by atoms with Crippen molar-refractivity contribution in [2.75, 3.05) is 13.1 Å². The highest BCUT2D eigenvalue weighted by Gasteiger charge is 2.07. The minimum Gasteiger partial charge on any atom is -0.364 e. The van der Waals surface area contributed by atoms with Gasteiger partial charge in [-0.25, -0.2) is 4.79 Å². The van der Waals surface area contributed by atoms with Gasteiger partial charge in [-0.1, -0.05) is 33.3 Å². The van der Waals surface area contributed by atoms with Crippen molar-refractivity contribution in [3.8, 4) is 0 Å². The second-order valence-corrected chi connectivity index (χ2v) is 3.25.